The smallest absolute Gasteiger partial charge is 0.250 e. The zero-order valence-electron chi connectivity index (χ0n) is 9.95. The van der Waals surface area contributed by atoms with Crippen molar-refractivity contribution < 1.29 is 9.13 Å². The molecule has 0 aliphatic heterocycles. The van der Waals surface area contributed by atoms with E-state index in [2.05, 4.69) is 15.0 Å². The van der Waals surface area contributed by atoms with Gasteiger partial charge in [-0.05, 0) is 18.2 Å². The average Bonchev–Trinajstić information content (AvgIpc) is 2.84. The lowest BCUT2D eigenvalue weighted by atomic mass is 10.2. The number of para-hydroxylation sites is 1. The molecule has 1 N–H and O–H groups in total. The highest BCUT2D eigenvalue weighted by molar-refractivity contribution is 6.34. The lowest BCUT2D eigenvalue weighted by molar-refractivity contribution is 0.370. The number of hydrogen-bond acceptors (Lipinski definition) is 3. The molecule has 0 radical (unpaired) electrons. The predicted molar refractivity (Wildman–Crippen MR) is 70.8 cm³/mol. The van der Waals surface area contributed by atoms with Gasteiger partial charge in [-0.3, -0.25) is 0 Å². The lowest BCUT2D eigenvalue weighted by Gasteiger charge is -2.03. The minimum Gasteiger partial charge on any atom is -0.479 e. The van der Waals surface area contributed by atoms with Gasteiger partial charge in [-0.15, -0.1) is 0 Å². The molecule has 0 aliphatic rings. The van der Waals surface area contributed by atoms with Crippen LogP contribution in [-0.2, 0) is 0 Å². The third-order valence-corrected chi connectivity index (χ3v) is 3.07. The van der Waals surface area contributed by atoms with Gasteiger partial charge in [0.25, 0.3) is 5.88 Å². The third kappa shape index (κ3) is 1.92. The minimum absolute atomic E-state index is 0.0657. The Kier molecular flexibility index (Phi) is 2.83. The Morgan fingerprint density at radius 2 is 2.16 bits per heavy atom. The minimum atomic E-state index is -0.555. The number of rotatable bonds is 2. The number of ether oxygens (including phenoxy) is 1. The van der Waals surface area contributed by atoms with E-state index in [1.165, 1.54) is 19.4 Å². The monoisotopic (exact) mass is 277 g/mol. The molecule has 0 saturated carbocycles. The van der Waals surface area contributed by atoms with E-state index in [0.717, 1.165) is 5.52 Å². The molecule has 3 aromatic rings. The molecule has 0 amide bonds. The Hall–Kier alpha value is -2.14. The highest BCUT2D eigenvalue weighted by Gasteiger charge is 2.15. The van der Waals surface area contributed by atoms with Gasteiger partial charge in [-0.25, -0.2) is 14.4 Å². The maximum atomic E-state index is 14.1. The lowest BCUT2D eigenvalue weighted by Crippen LogP contribution is -1.95. The zero-order chi connectivity index (χ0) is 13.4. The second-order valence-corrected chi connectivity index (χ2v) is 4.31. The summed E-state index contributed by atoms with van der Waals surface area (Å²) >= 11 is 6.04. The number of pyridine rings is 1. The van der Waals surface area contributed by atoms with Crippen LogP contribution < -0.4 is 4.74 Å². The molecule has 4 nitrogen and oxygen atoms in total. The highest BCUT2D eigenvalue weighted by atomic mass is 35.5. The van der Waals surface area contributed by atoms with E-state index in [1.807, 2.05) is 6.07 Å². The summed E-state index contributed by atoms with van der Waals surface area (Å²) in [4.78, 5) is 11.1. The number of imidazole rings is 1. The number of hydrogen-bond donors (Lipinski definition) is 1. The van der Waals surface area contributed by atoms with Crippen LogP contribution in [-0.4, -0.2) is 22.1 Å². The molecule has 0 atom stereocenters. The van der Waals surface area contributed by atoms with E-state index in [1.54, 1.807) is 12.1 Å². The van der Waals surface area contributed by atoms with Crippen molar-refractivity contribution in [3.8, 4) is 17.3 Å². The van der Waals surface area contributed by atoms with E-state index in [9.17, 15) is 4.39 Å². The molecule has 6 heteroatoms. The van der Waals surface area contributed by atoms with Crippen LogP contribution in [0.4, 0.5) is 4.39 Å². The number of methoxy groups -OCH3 is 1. The number of aromatic nitrogens is 3. The zero-order valence-corrected chi connectivity index (χ0v) is 10.7. The summed E-state index contributed by atoms with van der Waals surface area (Å²) in [6.45, 7) is 0. The van der Waals surface area contributed by atoms with Crippen LogP contribution >= 0.6 is 11.6 Å². The molecule has 0 saturated heterocycles. The molecule has 2 aromatic heterocycles. The van der Waals surface area contributed by atoms with Gasteiger partial charge < -0.3 is 9.72 Å². The number of aromatic amines is 1. The van der Waals surface area contributed by atoms with Crippen molar-refractivity contribution >= 4 is 22.6 Å². The van der Waals surface area contributed by atoms with Gasteiger partial charge in [0.05, 0.1) is 23.2 Å². The van der Waals surface area contributed by atoms with Gasteiger partial charge in [0.2, 0.25) is 0 Å². The Morgan fingerprint density at radius 1 is 1.32 bits per heavy atom. The summed E-state index contributed by atoms with van der Waals surface area (Å²) < 4.78 is 19.0. The molecule has 1 aromatic carbocycles. The average molecular weight is 278 g/mol. The maximum Gasteiger partial charge on any atom is 0.250 e. The van der Waals surface area contributed by atoms with Crippen LogP contribution in [0.5, 0.6) is 5.88 Å². The number of fused-ring (bicyclic) bond motifs is 1. The fraction of sp³-hybridized carbons (Fsp3) is 0.0769. The summed E-state index contributed by atoms with van der Waals surface area (Å²) in [6.07, 6.45) is 1.46. The Labute approximate surface area is 113 Å². The van der Waals surface area contributed by atoms with E-state index < -0.39 is 5.82 Å². The second kappa shape index (κ2) is 4.51. The Balaban J connectivity index is 2.22. The number of benzene rings is 1. The molecule has 0 unspecified atom stereocenters. The quantitative estimate of drug-likeness (QED) is 0.781. The van der Waals surface area contributed by atoms with Gasteiger partial charge in [0.15, 0.2) is 5.82 Å². The van der Waals surface area contributed by atoms with Crippen molar-refractivity contribution in [1.29, 1.82) is 0 Å². The molecule has 0 bridgehead atoms. The van der Waals surface area contributed by atoms with Crippen molar-refractivity contribution in [2.75, 3.05) is 7.11 Å². The van der Waals surface area contributed by atoms with Crippen LogP contribution in [0, 0.1) is 5.82 Å². The van der Waals surface area contributed by atoms with Crippen molar-refractivity contribution in [2.45, 2.75) is 0 Å². The van der Waals surface area contributed by atoms with E-state index in [4.69, 9.17) is 16.3 Å². The topological polar surface area (TPSA) is 50.8 Å². The summed E-state index contributed by atoms with van der Waals surface area (Å²) in [7, 11) is 1.37. The number of H-pyrrole nitrogens is 1. The van der Waals surface area contributed by atoms with Gasteiger partial charge in [-0.2, -0.15) is 0 Å². The van der Waals surface area contributed by atoms with Crippen LogP contribution in [0.15, 0.2) is 30.5 Å². The van der Waals surface area contributed by atoms with Crippen LogP contribution in [0.3, 0.4) is 0 Å². The first-order valence-electron chi connectivity index (χ1n) is 5.54. The SMILES string of the molecule is COc1nccc(-c2nc3c(Cl)cccc3[nH]2)c1F. The molecule has 0 aliphatic carbocycles. The fourth-order valence-electron chi connectivity index (χ4n) is 1.87. The second-order valence-electron chi connectivity index (χ2n) is 3.90. The standard InChI is InChI=1S/C13H9ClFN3O/c1-19-13-10(15)7(5-6-16-13)12-17-9-4-2-3-8(14)11(9)18-12/h2-6H,1H3,(H,17,18). The predicted octanol–water partition coefficient (Wildman–Crippen LogP) is 3.43. The molecule has 96 valence electrons. The number of nitrogens with zero attached hydrogens (tertiary/aromatic N) is 2. The van der Waals surface area contributed by atoms with E-state index in [-0.39, 0.29) is 5.88 Å². The largest absolute Gasteiger partial charge is 0.479 e. The molecular formula is C13H9ClFN3O. The first-order chi connectivity index (χ1) is 9.20. The van der Waals surface area contributed by atoms with E-state index in [0.29, 0.717) is 21.9 Å². The first-order valence-corrected chi connectivity index (χ1v) is 5.91. The molecule has 19 heavy (non-hydrogen) atoms. The first kappa shape index (κ1) is 11.9. The molecule has 0 fully saturated rings. The van der Waals surface area contributed by atoms with Gasteiger partial charge in [-0.1, -0.05) is 17.7 Å². The summed E-state index contributed by atoms with van der Waals surface area (Å²) in [5.41, 5.74) is 1.64. The molecule has 0 spiro atoms. The normalized spacial score (nSPS) is 10.9. The Bertz CT molecular complexity index is 757. The highest BCUT2D eigenvalue weighted by Crippen LogP contribution is 2.29. The maximum absolute atomic E-state index is 14.1. The molecule has 2 heterocycles. The fourth-order valence-corrected chi connectivity index (χ4v) is 2.09. The Morgan fingerprint density at radius 3 is 2.89 bits per heavy atom. The van der Waals surface area contributed by atoms with Crippen molar-refractivity contribution in [2.24, 2.45) is 0 Å². The summed E-state index contributed by atoms with van der Waals surface area (Å²) in [5.74, 6) is -0.231. The number of halogens is 2. The molecular weight excluding hydrogens is 269 g/mol. The molecule has 3 rings (SSSR count). The van der Waals surface area contributed by atoms with Crippen LogP contribution in [0.2, 0.25) is 5.02 Å². The third-order valence-electron chi connectivity index (χ3n) is 2.77. The summed E-state index contributed by atoms with van der Waals surface area (Å²) in [6, 6.07) is 6.89. The van der Waals surface area contributed by atoms with Gasteiger partial charge >= 0.3 is 0 Å². The van der Waals surface area contributed by atoms with Crippen molar-refractivity contribution in [3.05, 3.63) is 41.3 Å². The van der Waals surface area contributed by atoms with E-state index >= 15 is 0 Å². The van der Waals surface area contributed by atoms with Crippen molar-refractivity contribution in [1.82, 2.24) is 15.0 Å². The van der Waals surface area contributed by atoms with Gasteiger partial charge in [0, 0.05) is 6.20 Å². The van der Waals surface area contributed by atoms with Crippen LogP contribution in [0.1, 0.15) is 0 Å². The number of nitrogens with one attached hydrogen (secondary N) is 1. The van der Waals surface area contributed by atoms with Crippen LogP contribution in [0.25, 0.3) is 22.4 Å². The van der Waals surface area contributed by atoms with Crippen molar-refractivity contribution in [3.63, 3.8) is 0 Å². The summed E-state index contributed by atoms with van der Waals surface area (Å²) in [5, 5.41) is 0.515. The van der Waals surface area contributed by atoms with Gasteiger partial charge in [0.1, 0.15) is 11.3 Å².